The summed E-state index contributed by atoms with van der Waals surface area (Å²) >= 11 is 1.44. The lowest BCUT2D eigenvalue weighted by Crippen LogP contribution is -2.29. The minimum Gasteiger partial charge on any atom is -0.489 e. The second kappa shape index (κ2) is 11.4. The summed E-state index contributed by atoms with van der Waals surface area (Å²) in [6.45, 7) is 2.73. The Hall–Kier alpha value is -3.21. The molecule has 166 valence electrons. The van der Waals surface area contributed by atoms with Crippen molar-refractivity contribution in [3.05, 3.63) is 87.6 Å². The highest BCUT2D eigenvalue weighted by Crippen LogP contribution is 2.40. The number of rotatable bonds is 9. The summed E-state index contributed by atoms with van der Waals surface area (Å²) in [4.78, 5) is 12.9. The van der Waals surface area contributed by atoms with Crippen molar-refractivity contribution in [1.29, 1.82) is 5.26 Å². The highest BCUT2D eigenvalue weighted by atomic mass is 32.2. The first-order chi connectivity index (χ1) is 15.6. The summed E-state index contributed by atoms with van der Waals surface area (Å²) in [5.41, 5.74) is 3.48. The van der Waals surface area contributed by atoms with E-state index in [0.717, 1.165) is 16.2 Å². The normalized spacial score (nSPS) is 15.8. The number of nitriles is 1. The minimum absolute atomic E-state index is 0.145. The van der Waals surface area contributed by atoms with E-state index >= 15 is 0 Å². The zero-order valence-electron chi connectivity index (χ0n) is 18.4. The molecule has 0 saturated heterocycles. The van der Waals surface area contributed by atoms with Gasteiger partial charge in [-0.1, -0.05) is 42.5 Å². The van der Waals surface area contributed by atoms with E-state index in [4.69, 9.17) is 14.2 Å². The Bertz CT molecular complexity index is 1040. The van der Waals surface area contributed by atoms with Crippen LogP contribution in [-0.2, 0) is 20.9 Å². The van der Waals surface area contributed by atoms with Crippen LogP contribution in [0, 0.1) is 11.3 Å². The molecule has 0 fully saturated rings. The van der Waals surface area contributed by atoms with Gasteiger partial charge < -0.3 is 19.5 Å². The lowest BCUT2D eigenvalue weighted by Gasteiger charge is -2.29. The SMILES string of the molecule is COCCOC(=O)C1=C(C)NC(SC)=C(C#N)[C@@H]1c1ccc(OCc2ccccc2)cc1. The first-order valence-corrected chi connectivity index (χ1v) is 11.4. The van der Waals surface area contributed by atoms with E-state index < -0.39 is 11.9 Å². The molecule has 7 heteroatoms. The molecule has 2 aromatic carbocycles. The maximum absolute atomic E-state index is 12.9. The number of carbonyl (C=O) groups excluding carboxylic acids is 1. The summed E-state index contributed by atoms with van der Waals surface area (Å²) in [6, 6.07) is 19.7. The maximum atomic E-state index is 12.9. The van der Waals surface area contributed by atoms with E-state index in [1.807, 2.05) is 67.8 Å². The van der Waals surface area contributed by atoms with Crippen molar-refractivity contribution in [3.63, 3.8) is 0 Å². The van der Waals surface area contributed by atoms with Gasteiger partial charge in [0, 0.05) is 12.8 Å². The van der Waals surface area contributed by atoms with Crippen molar-refractivity contribution in [2.75, 3.05) is 26.6 Å². The lowest BCUT2D eigenvalue weighted by atomic mass is 9.82. The predicted octanol–water partition coefficient (Wildman–Crippen LogP) is 4.51. The number of thioether (sulfide) groups is 1. The highest BCUT2D eigenvalue weighted by molar-refractivity contribution is 8.02. The van der Waals surface area contributed by atoms with Gasteiger partial charge in [-0.2, -0.15) is 5.26 Å². The van der Waals surface area contributed by atoms with Crippen molar-refractivity contribution in [2.24, 2.45) is 0 Å². The average molecular weight is 451 g/mol. The topological polar surface area (TPSA) is 80.6 Å². The number of hydrogen-bond acceptors (Lipinski definition) is 7. The number of nitrogens with zero attached hydrogens (tertiary/aromatic N) is 1. The number of allylic oxidation sites excluding steroid dienone is 2. The molecule has 1 aliphatic rings. The van der Waals surface area contributed by atoms with E-state index in [1.54, 1.807) is 7.11 Å². The number of carbonyl (C=O) groups is 1. The summed E-state index contributed by atoms with van der Waals surface area (Å²) < 4.78 is 16.2. The Balaban J connectivity index is 1.87. The molecule has 3 rings (SSSR count). The molecule has 0 aromatic heterocycles. The number of nitrogens with one attached hydrogen (secondary N) is 1. The van der Waals surface area contributed by atoms with Crippen LogP contribution >= 0.6 is 11.8 Å². The van der Waals surface area contributed by atoms with E-state index in [9.17, 15) is 10.1 Å². The van der Waals surface area contributed by atoms with Crippen LogP contribution in [0.15, 0.2) is 76.5 Å². The Morgan fingerprint density at radius 3 is 2.47 bits per heavy atom. The fourth-order valence-corrected chi connectivity index (χ4v) is 4.11. The zero-order chi connectivity index (χ0) is 22.9. The summed E-state index contributed by atoms with van der Waals surface area (Å²) in [5.74, 6) is -0.277. The van der Waals surface area contributed by atoms with Crippen LogP contribution < -0.4 is 10.1 Å². The van der Waals surface area contributed by atoms with Gasteiger partial charge in [0.15, 0.2) is 0 Å². The molecule has 1 heterocycles. The largest absolute Gasteiger partial charge is 0.489 e. The number of dihydropyridines is 1. The van der Waals surface area contributed by atoms with Crippen LogP contribution in [-0.4, -0.2) is 32.5 Å². The molecule has 0 radical (unpaired) electrons. The number of ether oxygens (including phenoxy) is 3. The molecule has 0 saturated carbocycles. The van der Waals surface area contributed by atoms with Crippen molar-refractivity contribution in [1.82, 2.24) is 5.32 Å². The molecule has 0 spiro atoms. The molecule has 0 amide bonds. The van der Waals surface area contributed by atoms with E-state index in [1.165, 1.54) is 11.8 Å². The van der Waals surface area contributed by atoms with Gasteiger partial charge in [-0.15, -0.1) is 11.8 Å². The molecule has 6 nitrogen and oxygen atoms in total. The minimum atomic E-state index is -0.526. The predicted molar refractivity (Wildman–Crippen MR) is 125 cm³/mol. The lowest BCUT2D eigenvalue weighted by molar-refractivity contribution is -0.140. The van der Waals surface area contributed by atoms with E-state index in [0.29, 0.717) is 35.8 Å². The molecule has 1 aliphatic heterocycles. The molecule has 1 N–H and O–H groups in total. The number of methoxy groups -OCH3 is 1. The molecule has 0 unspecified atom stereocenters. The van der Waals surface area contributed by atoms with Gasteiger partial charge in [0.05, 0.1) is 34.8 Å². The Labute approximate surface area is 192 Å². The standard InChI is InChI=1S/C25H26N2O4S/c1-17-22(25(28)30-14-13-29-2)23(21(15-26)24(27-17)32-3)19-9-11-20(12-10-19)31-16-18-7-5-4-6-8-18/h4-12,23,27H,13-14,16H2,1-3H3/t23-/m0/s1. The third kappa shape index (κ3) is 5.52. The summed E-state index contributed by atoms with van der Waals surface area (Å²) in [6.07, 6.45) is 1.90. The zero-order valence-corrected chi connectivity index (χ0v) is 19.2. The second-order valence-electron chi connectivity index (χ2n) is 7.13. The van der Waals surface area contributed by atoms with Crippen LogP contribution in [0.2, 0.25) is 0 Å². The van der Waals surface area contributed by atoms with Crippen molar-refractivity contribution < 1.29 is 19.0 Å². The van der Waals surface area contributed by atoms with E-state index in [2.05, 4.69) is 11.4 Å². The van der Waals surface area contributed by atoms with Crippen molar-refractivity contribution in [2.45, 2.75) is 19.4 Å². The van der Waals surface area contributed by atoms with Gasteiger partial charge in [0.25, 0.3) is 0 Å². The first kappa shape index (κ1) is 23.5. The quantitative estimate of drug-likeness (QED) is 0.445. The third-order valence-corrected chi connectivity index (χ3v) is 5.78. The van der Waals surface area contributed by atoms with E-state index in [-0.39, 0.29) is 6.61 Å². The average Bonchev–Trinajstić information content (AvgIpc) is 2.83. The van der Waals surface area contributed by atoms with Crippen LogP contribution in [0.25, 0.3) is 0 Å². The Morgan fingerprint density at radius 2 is 1.84 bits per heavy atom. The Kier molecular flexibility index (Phi) is 8.37. The van der Waals surface area contributed by atoms with Crippen molar-refractivity contribution >= 4 is 17.7 Å². The van der Waals surface area contributed by atoms with Gasteiger partial charge in [-0.25, -0.2) is 4.79 Å². The first-order valence-electron chi connectivity index (χ1n) is 10.2. The fourth-order valence-electron chi connectivity index (χ4n) is 3.47. The van der Waals surface area contributed by atoms with Crippen molar-refractivity contribution in [3.8, 4) is 11.8 Å². The van der Waals surface area contributed by atoms with Crippen LogP contribution in [0.3, 0.4) is 0 Å². The molecule has 2 aromatic rings. The fraction of sp³-hybridized carbons (Fsp3) is 0.280. The smallest absolute Gasteiger partial charge is 0.336 e. The van der Waals surface area contributed by atoms with Crippen LogP contribution in [0.5, 0.6) is 5.75 Å². The van der Waals surface area contributed by atoms with Crippen LogP contribution in [0.4, 0.5) is 0 Å². The number of esters is 1. The summed E-state index contributed by atoms with van der Waals surface area (Å²) in [7, 11) is 1.55. The summed E-state index contributed by atoms with van der Waals surface area (Å²) in [5, 5.41) is 13.8. The second-order valence-corrected chi connectivity index (χ2v) is 7.94. The molecule has 0 aliphatic carbocycles. The molecule has 1 atom stereocenters. The molecular formula is C25H26N2O4S. The van der Waals surface area contributed by atoms with Gasteiger partial charge in [-0.3, -0.25) is 0 Å². The third-order valence-electron chi connectivity index (χ3n) is 5.05. The highest BCUT2D eigenvalue weighted by Gasteiger charge is 2.35. The van der Waals surface area contributed by atoms with Gasteiger partial charge in [-0.05, 0) is 36.4 Å². The van der Waals surface area contributed by atoms with Gasteiger partial charge in [0.1, 0.15) is 19.0 Å². The monoisotopic (exact) mass is 450 g/mol. The Morgan fingerprint density at radius 1 is 1.12 bits per heavy atom. The van der Waals surface area contributed by atoms with Gasteiger partial charge >= 0.3 is 5.97 Å². The molecule has 32 heavy (non-hydrogen) atoms. The molecule has 0 bridgehead atoms. The number of benzene rings is 2. The van der Waals surface area contributed by atoms with Crippen LogP contribution in [0.1, 0.15) is 24.0 Å². The maximum Gasteiger partial charge on any atom is 0.336 e. The molecular weight excluding hydrogens is 424 g/mol. The number of hydrogen-bond donors (Lipinski definition) is 1. The van der Waals surface area contributed by atoms with Gasteiger partial charge in [0.2, 0.25) is 0 Å².